The zero-order valence-electron chi connectivity index (χ0n) is 13.3. The number of carbonyl (C=O) groups is 1. The first-order chi connectivity index (χ1) is 10.8. The normalized spacial score (nSPS) is 21.5. The van der Waals surface area contributed by atoms with Gasteiger partial charge >= 0.3 is 0 Å². The van der Waals surface area contributed by atoms with E-state index in [-0.39, 0.29) is 17.9 Å². The fourth-order valence-corrected chi connectivity index (χ4v) is 2.93. The summed E-state index contributed by atoms with van der Waals surface area (Å²) in [4.78, 5) is 12.0. The van der Waals surface area contributed by atoms with Crippen molar-refractivity contribution in [3.05, 3.63) is 35.9 Å². The van der Waals surface area contributed by atoms with Crippen molar-refractivity contribution >= 4 is 5.91 Å². The summed E-state index contributed by atoms with van der Waals surface area (Å²) in [5, 5.41) is 3.01. The third kappa shape index (κ3) is 6.16. The lowest BCUT2D eigenvalue weighted by Crippen LogP contribution is -2.38. The highest BCUT2D eigenvalue weighted by atomic mass is 16.5. The van der Waals surface area contributed by atoms with E-state index in [0.717, 1.165) is 45.1 Å². The van der Waals surface area contributed by atoms with Crippen LogP contribution in [0.25, 0.3) is 0 Å². The van der Waals surface area contributed by atoms with Crippen LogP contribution in [0.1, 0.15) is 37.7 Å². The minimum absolute atomic E-state index is 0.114. The lowest BCUT2D eigenvalue weighted by Gasteiger charge is -2.25. The summed E-state index contributed by atoms with van der Waals surface area (Å²) in [5.41, 5.74) is 7.22. The Morgan fingerprint density at radius 2 is 2.05 bits per heavy atom. The summed E-state index contributed by atoms with van der Waals surface area (Å²) >= 11 is 0. The summed E-state index contributed by atoms with van der Waals surface area (Å²) in [5.74, 6) is 0.280. The van der Waals surface area contributed by atoms with E-state index in [1.54, 1.807) is 0 Å². The van der Waals surface area contributed by atoms with E-state index >= 15 is 0 Å². The molecular formula is C18H28N2O2. The molecule has 1 aromatic rings. The largest absolute Gasteiger partial charge is 0.381 e. The number of rotatable bonds is 8. The molecule has 0 aromatic heterocycles. The fraction of sp³-hybridized carbons (Fsp3) is 0.611. The molecule has 22 heavy (non-hydrogen) atoms. The Balaban J connectivity index is 1.48. The SMILES string of the molecule is NC1CCCC(C(=O)NCCCOCCc2ccccc2)C1. The third-order valence-corrected chi connectivity index (χ3v) is 4.23. The maximum Gasteiger partial charge on any atom is 0.223 e. The van der Waals surface area contributed by atoms with Gasteiger partial charge in [0.25, 0.3) is 0 Å². The predicted molar refractivity (Wildman–Crippen MR) is 88.5 cm³/mol. The van der Waals surface area contributed by atoms with Crippen LogP contribution in [0.5, 0.6) is 0 Å². The number of amides is 1. The molecule has 0 saturated heterocycles. The molecule has 0 spiro atoms. The summed E-state index contributed by atoms with van der Waals surface area (Å²) < 4.78 is 5.61. The van der Waals surface area contributed by atoms with Gasteiger partial charge in [-0.3, -0.25) is 4.79 Å². The highest BCUT2D eigenvalue weighted by Crippen LogP contribution is 2.22. The lowest BCUT2D eigenvalue weighted by molar-refractivity contribution is -0.126. The van der Waals surface area contributed by atoms with E-state index < -0.39 is 0 Å². The highest BCUT2D eigenvalue weighted by molar-refractivity contribution is 5.78. The van der Waals surface area contributed by atoms with Crippen LogP contribution in [0.15, 0.2) is 30.3 Å². The smallest absolute Gasteiger partial charge is 0.223 e. The number of hydrogen-bond donors (Lipinski definition) is 2. The summed E-state index contributed by atoms with van der Waals surface area (Å²) in [6.07, 6.45) is 5.74. The van der Waals surface area contributed by atoms with Gasteiger partial charge in [-0.15, -0.1) is 0 Å². The molecule has 1 aromatic carbocycles. The minimum atomic E-state index is 0.114. The molecular weight excluding hydrogens is 276 g/mol. The molecule has 2 rings (SSSR count). The summed E-state index contributed by atoms with van der Waals surface area (Å²) in [7, 11) is 0. The van der Waals surface area contributed by atoms with Gasteiger partial charge in [0.05, 0.1) is 6.61 Å². The standard InChI is InChI=1S/C18H28N2O2/c19-17-9-4-8-16(14-17)18(21)20-11-5-12-22-13-10-15-6-2-1-3-7-15/h1-3,6-7,16-17H,4-5,8-14,19H2,(H,20,21). The first-order valence-electron chi connectivity index (χ1n) is 8.40. The average Bonchev–Trinajstić information content (AvgIpc) is 2.54. The van der Waals surface area contributed by atoms with Gasteiger partial charge < -0.3 is 15.8 Å². The molecule has 1 saturated carbocycles. The van der Waals surface area contributed by atoms with Crippen LogP contribution < -0.4 is 11.1 Å². The van der Waals surface area contributed by atoms with E-state index in [1.165, 1.54) is 5.56 Å². The minimum Gasteiger partial charge on any atom is -0.381 e. The van der Waals surface area contributed by atoms with Gasteiger partial charge in [0.15, 0.2) is 0 Å². The fourth-order valence-electron chi connectivity index (χ4n) is 2.93. The molecule has 122 valence electrons. The van der Waals surface area contributed by atoms with Gasteiger partial charge in [0, 0.05) is 25.1 Å². The second kappa shape index (κ2) is 9.59. The number of benzene rings is 1. The molecule has 1 fully saturated rings. The molecule has 4 heteroatoms. The van der Waals surface area contributed by atoms with Gasteiger partial charge in [-0.25, -0.2) is 0 Å². The van der Waals surface area contributed by atoms with Crippen molar-refractivity contribution in [3.8, 4) is 0 Å². The summed E-state index contributed by atoms with van der Waals surface area (Å²) in [6, 6.07) is 10.5. The van der Waals surface area contributed by atoms with Crippen LogP contribution in [0.4, 0.5) is 0 Å². The number of carbonyl (C=O) groups excluding carboxylic acids is 1. The van der Waals surface area contributed by atoms with Gasteiger partial charge in [0.1, 0.15) is 0 Å². The molecule has 1 amide bonds. The molecule has 2 atom stereocenters. The highest BCUT2D eigenvalue weighted by Gasteiger charge is 2.24. The van der Waals surface area contributed by atoms with Crippen molar-refractivity contribution in [1.29, 1.82) is 0 Å². The zero-order valence-corrected chi connectivity index (χ0v) is 13.3. The van der Waals surface area contributed by atoms with Crippen LogP contribution in [0.2, 0.25) is 0 Å². The Morgan fingerprint density at radius 1 is 1.23 bits per heavy atom. The summed E-state index contributed by atoms with van der Waals surface area (Å²) in [6.45, 7) is 2.11. The second-order valence-corrected chi connectivity index (χ2v) is 6.12. The van der Waals surface area contributed by atoms with E-state index in [1.807, 2.05) is 18.2 Å². The molecule has 3 N–H and O–H groups in total. The topological polar surface area (TPSA) is 64.4 Å². The molecule has 0 heterocycles. The Bertz CT molecular complexity index is 436. The van der Waals surface area contributed by atoms with Crippen LogP contribution >= 0.6 is 0 Å². The molecule has 1 aliphatic rings. The molecule has 0 bridgehead atoms. The van der Waals surface area contributed by atoms with Crippen molar-refractivity contribution < 1.29 is 9.53 Å². The van der Waals surface area contributed by atoms with Gasteiger partial charge in [-0.05, 0) is 37.7 Å². The van der Waals surface area contributed by atoms with Crippen LogP contribution in [-0.4, -0.2) is 31.7 Å². The van der Waals surface area contributed by atoms with Gasteiger partial charge in [-0.2, -0.15) is 0 Å². The van der Waals surface area contributed by atoms with E-state index in [9.17, 15) is 4.79 Å². The average molecular weight is 304 g/mol. The molecule has 2 unspecified atom stereocenters. The molecule has 0 radical (unpaired) electrons. The first kappa shape index (κ1) is 17.0. The number of nitrogens with one attached hydrogen (secondary N) is 1. The van der Waals surface area contributed by atoms with Crippen LogP contribution in [0.3, 0.4) is 0 Å². The maximum atomic E-state index is 12.0. The van der Waals surface area contributed by atoms with E-state index in [0.29, 0.717) is 13.2 Å². The first-order valence-corrected chi connectivity index (χ1v) is 8.40. The third-order valence-electron chi connectivity index (χ3n) is 4.23. The molecule has 0 aliphatic heterocycles. The number of hydrogen-bond acceptors (Lipinski definition) is 3. The van der Waals surface area contributed by atoms with Crippen molar-refractivity contribution in [3.63, 3.8) is 0 Å². The Hall–Kier alpha value is -1.39. The van der Waals surface area contributed by atoms with E-state index in [4.69, 9.17) is 10.5 Å². The maximum absolute atomic E-state index is 12.0. The van der Waals surface area contributed by atoms with Crippen molar-refractivity contribution in [1.82, 2.24) is 5.32 Å². The van der Waals surface area contributed by atoms with E-state index in [2.05, 4.69) is 17.4 Å². The van der Waals surface area contributed by atoms with Crippen molar-refractivity contribution in [2.45, 2.75) is 44.6 Å². The lowest BCUT2D eigenvalue weighted by atomic mass is 9.85. The van der Waals surface area contributed by atoms with Gasteiger partial charge in [0.2, 0.25) is 5.91 Å². The monoisotopic (exact) mass is 304 g/mol. The zero-order chi connectivity index (χ0) is 15.6. The molecule has 1 aliphatic carbocycles. The van der Waals surface area contributed by atoms with Crippen molar-refractivity contribution in [2.24, 2.45) is 11.7 Å². The molecule has 4 nitrogen and oxygen atoms in total. The van der Waals surface area contributed by atoms with Gasteiger partial charge in [-0.1, -0.05) is 36.8 Å². The predicted octanol–water partition coefficient (Wildman–Crippen LogP) is 2.27. The quantitative estimate of drug-likeness (QED) is 0.724. The van der Waals surface area contributed by atoms with Crippen molar-refractivity contribution in [2.75, 3.05) is 19.8 Å². The Kier molecular flexibility index (Phi) is 7.40. The Labute approximate surface area is 133 Å². The van der Waals surface area contributed by atoms with Crippen LogP contribution in [0, 0.1) is 5.92 Å². The number of ether oxygens (including phenoxy) is 1. The van der Waals surface area contributed by atoms with Crippen LogP contribution in [-0.2, 0) is 16.0 Å². The second-order valence-electron chi connectivity index (χ2n) is 6.12. The Morgan fingerprint density at radius 3 is 2.82 bits per heavy atom. The number of nitrogens with two attached hydrogens (primary N) is 1.